The van der Waals surface area contributed by atoms with Crippen molar-refractivity contribution in [2.75, 3.05) is 52.9 Å². The Bertz CT molecular complexity index is 284. The molecule has 4 heterocycles. The van der Waals surface area contributed by atoms with E-state index in [9.17, 15) is 0 Å². The van der Waals surface area contributed by atoms with E-state index in [1.54, 1.807) is 0 Å². The van der Waals surface area contributed by atoms with Gasteiger partial charge in [-0.1, -0.05) is 0 Å². The SMILES string of the molecule is C1OC1C[O][Ti]([O]CC1CO1)([O]CC1CO1)[O]CC1CO1. The van der Waals surface area contributed by atoms with Crippen LogP contribution in [0.4, 0.5) is 0 Å². The third kappa shape index (κ3) is 5.21. The Morgan fingerprint density at radius 1 is 0.571 bits per heavy atom. The summed E-state index contributed by atoms with van der Waals surface area (Å²) in [6.07, 6.45) is 0.546. The first-order valence-electron chi connectivity index (χ1n) is 7.33. The summed E-state index contributed by atoms with van der Waals surface area (Å²) in [6.45, 7) is 4.68. The number of ether oxygens (including phenoxy) is 4. The van der Waals surface area contributed by atoms with E-state index in [1.165, 1.54) is 0 Å². The van der Waals surface area contributed by atoms with Crippen LogP contribution in [0.15, 0.2) is 0 Å². The van der Waals surface area contributed by atoms with Gasteiger partial charge in [-0.25, -0.2) is 0 Å². The normalized spacial score (nSPS) is 38.9. The summed E-state index contributed by atoms with van der Waals surface area (Å²) in [4.78, 5) is 0. The van der Waals surface area contributed by atoms with Gasteiger partial charge in [-0.15, -0.1) is 0 Å². The topological polar surface area (TPSA) is 87.0 Å². The molecular weight excluding hydrogens is 320 g/mol. The van der Waals surface area contributed by atoms with Gasteiger partial charge in [0.15, 0.2) is 0 Å². The summed E-state index contributed by atoms with van der Waals surface area (Å²) in [5, 5.41) is 0. The molecule has 0 aromatic heterocycles. The minimum atomic E-state index is -3.79. The molecule has 4 aliphatic heterocycles. The van der Waals surface area contributed by atoms with Crippen LogP contribution in [0.25, 0.3) is 0 Å². The third-order valence-electron chi connectivity index (χ3n) is 3.39. The summed E-state index contributed by atoms with van der Waals surface area (Å²) in [5.41, 5.74) is 0. The van der Waals surface area contributed by atoms with E-state index in [-0.39, 0.29) is 24.4 Å². The quantitative estimate of drug-likeness (QED) is 0.346. The van der Waals surface area contributed by atoms with E-state index in [0.29, 0.717) is 26.4 Å². The van der Waals surface area contributed by atoms with Crippen molar-refractivity contribution in [2.24, 2.45) is 0 Å². The van der Waals surface area contributed by atoms with Crippen LogP contribution in [0.5, 0.6) is 0 Å². The number of rotatable bonds is 12. The van der Waals surface area contributed by atoms with Crippen molar-refractivity contribution in [2.45, 2.75) is 24.4 Å². The Hall–Kier alpha value is 0.394. The van der Waals surface area contributed by atoms with Gasteiger partial charge in [-0.05, 0) is 0 Å². The molecule has 21 heavy (non-hydrogen) atoms. The van der Waals surface area contributed by atoms with Gasteiger partial charge in [0.05, 0.1) is 0 Å². The van der Waals surface area contributed by atoms with Gasteiger partial charge in [0.2, 0.25) is 0 Å². The minimum absolute atomic E-state index is 0.136. The van der Waals surface area contributed by atoms with E-state index in [2.05, 4.69) is 0 Å². The van der Waals surface area contributed by atoms with Gasteiger partial charge < -0.3 is 0 Å². The molecule has 0 amide bonds. The molecule has 0 N–H and O–H groups in total. The third-order valence-corrected chi connectivity index (χ3v) is 6.64. The number of epoxide rings is 4. The maximum atomic E-state index is 5.92. The van der Waals surface area contributed by atoms with Crippen LogP contribution in [-0.4, -0.2) is 77.3 Å². The van der Waals surface area contributed by atoms with Gasteiger partial charge in [-0.3, -0.25) is 0 Å². The van der Waals surface area contributed by atoms with Crippen molar-refractivity contribution in [3.05, 3.63) is 0 Å². The van der Waals surface area contributed by atoms with Crippen LogP contribution in [0.2, 0.25) is 0 Å². The van der Waals surface area contributed by atoms with E-state index < -0.39 is 18.1 Å². The molecule has 0 bridgehead atoms. The van der Waals surface area contributed by atoms with Crippen molar-refractivity contribution in [3.8, 4) is 0 Å². The van der Waals surface area contributed by atoms with Crippen LogP contribution >= 0.6 is 0 Å². The van der Waals surface area contributed by atoms with Crippen LogP contribution in [0.1, 0.15) is 0 Å². The molecule has 0 aromatic carbocycles. The first-order valence-corrected chi connectivity index (χ1v) is 9.88. The molecule has 4 aliphatic rings. The van der Waals surface area contributed by atoms with Crippen molar-refractivity contribution >= 4 is 0 Å². The molecule has 120 valence electrons. The van der Waals surface area contributed by atoms with Crippen molar-refractivity contribution < 1.29 is 50.4 Å². The Balaban J connectivity index is 1.34. The predicted molar refractivity (Wildman–Crippen MR) is 62.8 cm³/mol. The fourth-order valence-electron chi connectivity index (χ4n) is 1.69. The maximum absolute atomic E-state index is 5.92. The molecule has 8 nitrogen and oxygen atoms in total. The molecule has 0 aliphatic carbocycles. The predicted octanol–water partition coefficient (Wildman–Crippen LogP) is -0.538. The van der Waals surface area contributed by atoms with Gasteiger partial charge in [-0.2, -0.15) is 0 Å². The standard InChI is InChI=1S/4C3H5O2.Ti/c4*4-1-3-2-5-3;/h4*3H,1-2H2;/q4*-1;+4. The second-order valence-electron chi connectivity index (χ2n) is 5.57. The second kappa shape index (κ2) is 6.48. The monoisotopic (exact) mass is 340 g/mol. The second-order valence-corrected chi connectivity index (χ2v) is 8.93. The van der Waals surface area contributed by atoms with Crippen LogP contribution in [-0.2, 0) is 50.4 Å². The van der Waals surface area contributed by atoms with Gasteiger partial charge in [0, 0.05) is 0 Å². The fourth-order valence-corrected chi connectivity index (χ4v) is 4.90. The van der Waals surface area contributed by atoms with E-state index in [0.717, 1.165) is 26.4 Å². The van der Waals surface area contributed by atoms with Gasteiger partial charge in [0.1, 0.15) is 0 Å². The summed E-state index contributed by atoms with van der Waals surface area (Å²) in [6, 6.07) is 0. The first-order chi connectivity index (χ1) is 10.3. The number of hydrogen-bond donors (Lipinski definition) is 0. The van der Waals surface area contributed by atoms with Gasteiger partial charge in [0.25, 0.3) is 0 Å². The van der Waals surface area contributed by atoms with Gasteiger partial charge >= 0.3 is 128 Å². The van der Waals surface area contributed by atoms with Crippen LogP contribution < -0.4 is 0 Å². The fraction of sp³-hybridized carbons (Fsp3) is 1.00. The summed E-state index contributed by atoms with van der Waals surface area (Å²) >= 11 is -3.79. The molecule has 4 unspecified atom stereocenters. The molecule has 0 saturated carbocycles. The van der Waals surface area contributed by atoms with E-state index in [4.69, 9.17) is 32.2 Å². The first kappa shape index (κ1) is 15.0. The summed E-state index contributed by atoms with van der Waals surface area (Å²) in [7, 11) is 0. The molecule has 0 spiro atoms. The zero-order chi connectivity index (χ0) is 14.1. The Morgan fingerprint density at radius 2 is 0.810 bits per heavy atom. The number of hydrogen-bond acceptors (Lipinski definition) is 8. The average Bonchev–Trinajstić information content (AvgIpc) is 3.39. The molecular formula is C12H20O8Ti. The van der Waals surface area contributed by atoms with E-state index in [1.807, 2.05) is 0 Å². The molecule has 4 fully saturated rings. The molecule has 9 heteroatoms. The van der Waals surface area contributed by atoms with Crippen LogP contribution in [0, 0.1) is 0 Å². The average molecular weight is 340 g/mol. The Kier molecular flexibility index (Phi) is 4.62. The molecule has 0 aromatic rings. The molecule has 0 radical (unpaired) electrons. The summed E-state index contributed by atoms with van der Waals surface area (Å²) in [5.74, 6) is 0. The summed E-state index contributed by atoms with van der Waals surface area (Å²) < 4.78 is 44.4. The van der Waals surface area contributed by atoms with E-state index >= 15 is 0 Å². The van der Waals surface area contributed by atoms with Crippen LogP contribution in [0.3, 0.4) is 0 Å². The van der Waals surface area contributed by atoms with Crippen molar-refractivity contribution in [1.82, 2.24) is 0 Å². The van der Waals surface area contributed by atoms with Crippen molar-refractivity contribution in [1.29, 1.82) is 0 Å². The Labute approximate surface area is 128 Å². The Morgan fingerprint density at radius 3 is 1.00 bits per heavy atom. The van der Waals surface area contributed by atoms with Crippen molar-refractivity contribution in [3.63, 3.8) is 0 Å². The molecule has 4 atom stereocenters. The zero-order valence-corrected chi connectivity index (χ0v) is 13.3. The molecule has 4 saturated heterocycles. The molecule has 4 rings (SSSR count). The zero-order valence-electron chi connectivity index (χ0n) is 11.7.